The molecule has 0 amide bonds. The van der Waals surface area contributed by atoms with E-state index in [0.717, 1.165) is 57.1 Å². The Morgan fingerprint density at radius 1 is 1.37 bits per heavy atom. The van der Waals surface area contributed by atoms with E-state index in [1.54, 1.807) is 0 Å². The van der Waals surface area contributed by atoms with Crippen LogP contribution in [-0.2, 0) is 11.3 Å². The van der Waals surface area contributed by atoms with Crippen LogP contribution in [0, 0.1) is 0 Å². The summed E-state index contributed by atoms with van der Waals surface area (Å²) in [4.78, 5) is 11.3. The van der Waals surface area contributed by atoms with Crippen LogP contribution in [0.15, 0.2) is 12.4 Å². The molecule has 1 unspecified atom stereocenters. The first-order valence-electron chi connectivity index (χ1n) is 7.19. The molecule has 5 nitrogen and oxygen atoms in total. The van der Waals surface area contributed by atoms with Gasteiger partial charge in [-0.1, -0.05) is 13.8 Å². The standard InChI is InChI=1S/C14H24N4O/c1-3-5-15-8-12-9-16-14(17-10-12)13-11-18(4-2)6-7-19-13/h9-10,13,15H,3-8,11H2,1-2H3. The van der Waals surface area contributed by atoms with Crippen LogP contribution in [0.3, 0.4) is 0 Å². The fourth-order valence-corrected chi connectivity index (χ4v) is 2.18. The Morgan fingerprint density at radius 2 is 2.16 bits per heavy atom. The summed E-state index contributed by atoms with van der Waals surface area (Å²) in [7, 11) is 0. The monoisotopic (exact) mass is 264 g/mol. The molecule has 1 aromatic rings. The largest absolute Gasteiger partial charge is 0.368 e. The van der Waals surface area contributed by atoms with Gasteiger partial charge in [-0.2, -0.15) is 0 Å². The average Bonchev–Trinajstić information content (AvgIpc) is 2.48. The zero-order chi connectivity index (χ0) is 13.5. The summed E-state index contributed by atoms with van der Waals surface area (Å²) in [6.07, 6.45) is 4.96. The van der Waals surface area contributed by atoms with Crippen LogP contribution in [0.4, 0.5) is 0 Å². The van der Waals surface area contributed by atoms with E-state index in [4.69, 9.17) is 4.74 Å². The Morgan fingerprint density at radius 3 is 2.84 bits per heavy atom. The van der Waals surface area contributed by atoms with Crippen molar-refractivity contribution in [3.8, 4) is 0 Å². The molecule has 0 saturated carbocycles. The van der Waals surface area contributed by atoms with Crippen molar-refractivity contribution in [2.45, 2.75) is 32.9 Å². The molecule has 0 aromatic carbocycles. The lowest BCUT2D eigenvalue weighted by atomic mass is 10.2. The molecule has 0 radical (unpaired) electrons. The van der Waals surface area contributed by atoms with Crippen molar-refractivity contribution in [2.75, 3.05) is 32.8 Å². The van der Waals surface area contributed by atoms with E-state index in [1.807, 2.05) is 12.4 Å². The molecular formula is C14H24N4O. The number of aromatic nitrogens is 2. The van der Waals surface area contributed by atoms with Crippen molar-refractivity contribution in [3.63, 3.8) is 0 Å². The number of likely N-dealkylation sites (N-methyl/N-ethyl adjacent to an activating group) is 1. The van der Waals surface area contributed by atoms with Crippen LogP contribution in [0.25, 0.3) is 0 Å². The minimum Gasteiger partial charge on any atom is -0.368 e. The van der Waals surface area contributed by atoms with Crippen LogP contribution in [-0.4, -0.2) is 47.7 Å². The van der Waals surface area contributed by atoms with Crippen molar-refractivity contribution >= 4 is 0 Å². The van der Waals surface area contributed by atoms with Gasteiger partial charge in [-0.25, -0.2) is 9.97 Å². The van der Waals surface area contributed by atoms with E-state index in [-0.39, 0.29) is 6.10 Å². The average molecular weight is 264 g/mol. The van der Waals surface area contributed by atoms with E-state index < -0.39 is 0 Å². The highest BCUT2D eigenvalue weighted by Crippen LogP contribution is 2.18. The second-order valence-electron chi connectivity index (χ2n) is 4.88. The molecule has 5 heteroatoms. The Bertz CT molecular complexity index is 368. The summed E-state index contributed by atoms with van der Waals surface area (Å²) >= 11 is 0. The van der Waals surface area contributed by atoms with E-state index in [1.165, 1.54) is 0 Å². The molecule has 0 spiro atoms. The Balaban J connectivity index is 1.90. The SMILES string of the molecule is CCCNCc1cnc(C2CN(CC)CCO2)nc1. The second-order valence-corrected chi connectivity index (χ2v) is 4.88. The van der Waals surface area contributed by atoms with Gasteiger partial charge in [0.15, 0.2) is 5.82 Å². The molecule has 1 atom stereocenters. The lowest BCUT2D eigenvalue weighted by molar-refractivity contribution is -0.0326. The van der Waals surface area contributed by atoms with Crippen LogP contribution in [0.1, 0.15) is 37.8 Å². The highest BCUT2D eigenvalue weighted by molar-refractivity contribution is 5.06. The highest BCUT2D eigenvalue weighted by atomic mass is 16.5. The summed E-state index contributed by atoms with van der Waals surface area (Å²) in [6, 6.07) is 0. The minimum atomic E-state index is 0.0198. The van der Waals surface area contributed by atoms with Crippen molar-refractivity contribution in [2.24, 2.45) is 0 Å². The summed E-state index contributed by atoms with van der Waals surface area (Å²) in [5, 5.41) is 3.35. The van der Waals surface area contributed by atoms with Crippen LogP contribution < -0.4 is 5.32 Å². The van der Waals surface area contributed by atoms with Gasteiger partial charge < -0.3 is 10.1 Å². The molecule has 1 aromatic heterocycles. The molecule has 1 aliphatic heterocycles. The molecule has 1 fully saturated rings. The predicted molar refractivity (Wildman–Crippen MR) is 74.8 cm³/mol. The smallest absolute Gasteiger partial charge is 0.158 e. The molecule has 0 bridgehead atoms. The van der Waals surface area contributed by atoms with Gasteiger partial charge in [-0.15, -0.1) is 0 Å². The Hall–Kier alpha value is -1.04. The van der Waals surface area contributed by atoms with Gasteiger partial charge in [0.25, 0.3) is 0 Å². The molecular weight excluding hydrogens is 240 g/mol. The number of ether oxygens (including phenoxy) is 1. The molecule has 0 aliphatic carbocycles. The first-order valence-corrected chi connectivity index (χ1v) is 7.19. The normalized spacial score (nSPS) is 20.6. The van der Waals surface area contributed by atoms with Gasteiger partial charge >= 0.3 is 0 Å². The molecule has 106 valence electrons. The lowest BCUT2D eigenvalue weighted by Crippen LogP contribution is -2.38. The van der Waals surface area contributed by atoms with Crippen LogP contribution in [0.5, 0.6) is 0 Å². The van der Waals surface area contributed by atoms with Gasteiger partial charge in [0.05, 0.1) is 6.61 Å². The van der Waals surface area contributed by atoms with Crippen LogP contribution in [0.2, 0.25) is 0 Å². The number of nitrogens with one attached hydrogen (secondary N) is 1. The van der Waals surface area contributed by atoms with Gasteiger partial charge in [0.1, 0.15) is 6.10 Å². The predicted octanol–water partition coefficient (Wildman–Crippen LogP) is 1.37. The topological polar surface area (TPSA) is 50.3 Å². The molecule has 1 N–H and O–H groups in total. The van der Waals surface area contributed by atoms with Gasteiger partial charge in [0, 0.05) is 37.6 Å². The number of hydrogen-bond acceptors (Lipinski definition) is 5. The number of hydrogen-bond donors (Lipinski definition) is 1. The molecule has 1 aliphatic rings. The van der Waals surface area contributed by atoms with Gasteiger partial charge in [-0.3, -0.25) is 4.90 Å². The maximum atomic E-state index is 5.75. The summed E-state index contributed by atoms with van der Waals surface area (Å²) in [5.41, 5.74) is 1.13. The fraction of sp³-hybridized carbons (Fsp3) is 0.714. The van der Waals surface area contributed by atoms with Crippen molar-refractivity contribution in [3.05, 3.63) is 23.8 Å². The zero-order valence-corrected chi connectivity index (χ0v) is 11.9. The Kier molecular flexibility index (Phi) is 5.69. The van der Waals surface area contributed by atoms with Crippen LogP contribution >= 0.6 is 0 Å². The van der Waals surface area contributed by atoms with Gasteiger partial charge in [-0.05, 0) is 19.5 Å². The van der Waals surface area contributed by atoms with E-state index in [9.17, 15) is 0 Å². The molecule has 19 heavy (non-hydrogen) atoms. The quantitative estimate of drug-likeness (QED) is 0.786. The first-order chi connectivity index (χ1) is 9.33. The summed E-state index contributed by atoms with van der Waals surface area (Å²) in [6.45, 7) is 9.91. The van der Waals surface area contributed by atoms with Gasteiger partial charge in [0.2, 0.25) is 0 Å². The first kappa shape index (κ1) is 14.4. The van der Waals surface area contributed by atoms with E-state index in [0.29, 0.717) is 0 Å². The molecule has 2 heterocycles. The maximum absolute atomic E-state index is 5.75. The summed E-state index contributed by atoms with van der Waals surface area (Å²) in [5.74, 6) is 0.803. The Labute approximate surface area is 115 Å². The highest BCUT2D eigenvalue weighted by Gasteiger charge is 2.22. The second kappa shape index (κ2) is 7.53. The number of rotatable bonds is 6. The van der Waals surface area contributed by atoms with Crippen molar-refractivity contribution in [1.82, 2.24) is 20.2 Å². The fourth-order valence-electron chi connectivity index (χ4n) is 2.18. The zero-order valence-electron chi connectivity index (χ0n) is 11.9. The van der Waals surface area contributed by atoms with Crippen molar-refractivity contribution in [1.29, 1.82) is 0 Å². The number of morpholine rings is 1. The maximum Gasteiger partial charge on any atom is 0.158 e. The third kappa shape index (κ3) is 4.23. The summed E-state index contributed by atoms with van der Waals surface area (Å²) < 4.78 is 5.75. The van der Waals surface area contributed by atoms with Crippen molar-refractivity contribution < 1.29 is 4.74 Å². The molecule has 1 saturated heterocycles. The lowest BCUT2D eigenvalue weighted by Gasteiger charge is -2.31. The van der Waals surface area contributed by atoms with E-state index in [2.05, 4.69) is 34.0 Å². The number of nitrogens with zero attached hydrogens (tertiary/aromatic N) is 3. The third-order valence-electron chi connectivity index (χ3n) is 3.37. The van der Waals surface area contributed by atoms with E-state index >= 15 is 0 Å². The minimum absolute atomic E-state index is 0.0198. The molecule has 2 rings (SSSR count). The third-order valence-corrected chi connectivity index (χ3v) is 3.37.